The largest absolute Gasteiger partial charge is 0.478 e. The lowest BCUT2D eigenvalue weighted by Crippen LogP contribution is -2.33. The van der Waals surface area contributed by atoms with Gasteiger partial charge in [0.05, 0.1) is 0 Å². The van der Waals surface area contributed by atoms with Crippen molar-refractivity contribution in [2.24, 2.45) is 0 Å². The van der Waals surface area contributed by atoms with Crippen LogP contribution in [0, 0.1) is 6.92 Å². The average molecular weight is 248 g/mol. The molecule has 0 aromatic carbocycles. The predicted molar refractivity (Wildman–Crippen MR) is 63.6 cm³/mol. The Morgan fingerprint density at radius 2 is 2.50 bits per heavy atom. The molecule has 1 aliphatic heterocycles. The fourth-order valence-corrected chi connectivity index (χ4v) is 2.42. The Labute approximate surface area is 103 Å². The second-order valence-corrected chi connectivity index (χ2v) is 4.51. The van der Waals surface area contributed by atoms with E-state index in [4.69, 9.17) is 4.42 Å². The second kappa shape index (κ2) is 3.69. The molecule has 1 atom stereocenters. The van der Waals surface area contributed by atoms with Gasteiger partial charge in [0.25, 0.3) is 0 Å². The van der Waals surface area contributed by atoms with Gasteiger partial charge in [0.15, 0.2) is 0 Å². The molecule has 0 fully saturated rings. The molecule has 2 aromatic rings. The number of hydrogen-bond acceptors (Lipinski definition) is 4. The topological polar surface area (TPSA) is 79.2 Å². The number of aromatic carboxylic acids is 1. The molecule has 1 aliphatic rings. The normalized spacial score (nSPS) is 17.8. The summed E-state index contributed by atoms with van der Waals surface area (Å²) in [6.07, 6.45) is 2.66. The van der Waals surface area contributed by atoms with Crippen LogP contribution in [0.3, 0.4) is 0 Å². The van der Waals surface area contributed by atoms with E-state index >= 15 is 0 Å². The van der Waals surface area contributed by atoms with E-state index in [2.05, 4.69) is 17.2 Å². The molecule has 18 heavy (non-hydrogen) atoms. The van der Waals surface area contributed by atoms with Gasteiger partial charge in [0, 0.05) is 0 Å². The third kappa shape index (κ3) is 1.38. The Morgan fingerprint density at radius 3 is 3.17 bits per heavy atom. The highest BCUT2D eigenvalue weighted by Crippen LogP contribution is 2.30. The summed E-state index contributed by atoms with van der Waals surface area (Å²) in [5.41, 5.74) is 0.575. The van der Waals surface area contributed by atoms with E-state index < -0.39 is 5.97 Å². The number of nitrogens with one attached hydrogen (secondary N) is 1. The maximum Gasteiger partial charge on any atom is 0.340 e. The van der Waals surface area contributed by atoms with Gasteiger partial charge in [0.1, 0.15) is 29.3 Å². The Bertz CT molecular complexity index is 648. The van der Waals surface area contributed by atoms with Crippen molar-refractivity contribution in [1.29, 1.82) is 0 Å². The van der Waals surface area contributed by atoms with Gasteiger partial charge in [-0.25, -0.2) is 9.36 Å². The fraction of sp³-hybridized carbons (Fsp3) is 0.417. The predicted octanol–water partition coefficient (Wildman–Crippen LogP) is 1.33. The number of aromatic nitrogens is 2. The zero-order valence-electron chi connectivity index (χ0n) is 10.2. The highest BCUT2D eigenvalue weighted by atomic mass is 16.4. The van der Waals surface area contributed by atoms with E-state index in [1.807, 2.05) is 4.57 Å². The summed E-state index contributed by atoms with van der Waals surface area (Å²) in [4.78, 5) is 15.5. The number of furan rings is 1. The SMILES string of the molecule is CC[C@H]1C[n+]2cnc3oc(C)c(C(=O)O)c3c2N1. The summed E-state index contributed by atoms with van der Waals surface area (Å²) < 4.78 is 7.35. The van der Waals surface area contributed by atoms with Crippen molar-refractivity contribution in [2.75, 3.05) is 5.32 Å². The quantitative estimate of drug-likeness (QED) is 0.784. The van der Waals surface area contributed by atoms with Crippen LogP contribution in [0.25, 0.3) is 11.1 Å². The minimum absolute atomic E-state index is 0.200. The number of hydrogen-bond donors (Lipinski definition) is 2. The molecular formula is C12H14N3O3+. The number of nitrogens with zero attached hydrogens (tertiary/aromatic N) is 2. The molecule has 6 heteroatoms. The Hall–Kier alpha value is -2.11. The molecule has 2 N–H and O–H groups in total. The molecule has 94 valence electrons. The van der Waals surface area contributed by atoms with Gasteiger partial charge in [-0.2, -0.15) is 0 Å². The molecule has 2 aromatic heterocycles. The van der Waals surface area contributed by atoms with Crippen LogP contribution in [0.5, 0.6) is 0 Å². The fourth-order valence-electron chi connectivity index (χ4n) is 2.42. The minimum atomic E-state index is -0.983. The molecule has 0 saturated heterocycles. The maximum atomic E-state index is 11.3. The summed E-state index contributed by atoms with van der Waals surface area (Å²) >= 11 is 0. The summed E-state index contributed by atoms with van der Waals surface area (Å²) in [6.45, 7) is 4.54. The lowest BCUT2D eigenvalue weighted by molar-refractivity contribution is -0.675. The van der Waals surface area contributed by atoms with Crippen LogP contribution in [-0.4, -0.2) is 22.1 Å². The first-order valence-corrected chi connectivity index (χ1v) is 5.93. The Morgan fingerprint density at radius 1 is 1.72 bits per heavy atom. The molecule has 0 unspecified atom stereocenters. The first-order chi connectivity index (χ1) is 8.61. The number of fused-ring (bicyclic) bond motifs is 3. The van der Waals surface area contributed by atoms with E-state index in [9.17, 15) is 9.90 Å². The average Bonchev–Trinajstić information content (AvgIpc) is 2.87. The molecule has 0 saturated carbocycles. The number of carbonyl (C=O) groups is 1. The third-order valence-corrected chi connectivity index (χ3v) is 3.37. The molecule has 3 heterocycles. The van der Waals surface area contributed by atoms with Crippen LogP contribution >= 0.6 is 0 Å². The van der Waals surface area contributed by atoms with Crippen LogP contribution in [0.1, 0.15) is 29.5 Å². The third-order valence-electron chi connectivity index (χ3n) is 3.37. The highest BCUT2D eigenvalue weighted by molar-refractivity contribution is 6.06. The van der Waals surface area contributed by atoms with E-state index in [1.165, 1.54) is 0 Å². The van der Waals surface area contributed by atoms with Gasteiger partial charge in [-0.15, -0.1) is 0 Å². The van der Waals surface area contributed by atoms with Crippen LogP contribution in [0.15, 0.2) is 10.7 Å². The van der Waals surface area contributed by atoms with Gasteiger partial charge in [-0.05, 0) is 13.3 Å². The van der Waals surface area contributed by atoms with Gasteiger partial charge >= 0.3 is 11.7 Å². The van der Waals surface area contributed by atoms with E-state index in [0.717, 1.165) is 18.8 Å². The maximum absolute atomic E-state index is 11.3. The van der Waals surface area contributed by atoms with Crippen molar-refractivity contribution < 1.29 is 18.9 Å². The van der Waals surface area contributed by atoms with Crippen molar-refractivity contribution in [3.63, 3.8) is 0 Å². The van der Waals surface area contributed by atoms with Crippen LogP contribution in [-0.2, 0) is 6.54 Å². The molecule has 0 radical (unpaired) electrons. The number of aryl methyl sites for hydroxylation is 1. The van der Waals surface area contributed by atoms with Gasteiger partial charge in [0.2, 0.25) is 12.1 Å². The van der Waals surface area contributed by atoms with E-state index in [-0.39, 0.29) is 5.56 Å². The van der Waals surface area contributed by atoms with Crippen LogP contribution < -0.4 is 9.88 Å². The number of carboxylic acid groups (broad SMARTS) is 1. The molecule has 3 rings (SSSR count). The second-order valence-electron chi connectivity index (χ2n) is 4.51. The van der Waals surface area contributed by atoms with Crippen molar-refractivity contribution >= 4 is 22.9 Å². The highest BCUT2D eigenvalue weighted by Gasteiger charge is 2.33. The summed E-state index contributed by atoms with van der Waals surface area (Å²) in [5, 5.41) is 13.2. The summed E-state index contributed by atoms with van der Waals surface area (Å²) in [5.74, 6) is 0.200. The monoisotopic (exact) mass is 248 g/mol. The van der Waals surface area contributed by atoms with Gasteiger partial charge < -0.3 is 9.52 Å². The zero-order chi connectivity index (χ0) is 12.9. The molecule has 0 spiro atoms. The van der Waals surface area contributed by atoms with Gasteiger partial charge in [-0.1, -0.05) is 11.9 Å². The zero-order valence-corrected chi connectivity index (χ0v) is 10.2. The molecular weight excluding hydrogens is 234 g/mol. The van der Waals surface area contributed by atoms with Crippen LogP contribution in [0.4, 0.5) is 5.82 Å². The summed E-state index contributed by atoms with van der Waals surface area (Å²) in [6, 6.07) is 0.314. The lowest BCUT2D eigenvalue weighted by Gasteiger charge is -1.99. The number of anilines is 1. The molecule has 0 aliphatic carbocycles. The first-order valence-electron chi connectivity index (χ1n) is 5.93. The van der Waals surface area contributed by atoms with Crippen molar-refractivity contribution in [3.05, 3.63) is 17.7 Å². The molecule has 0 bridgehead atoms. The van der Waals surface area contributed by atoms with Crippen LogP contribution in [0.2, 0.25) is 0 Å². The van der Waals surface area contributed by atoms with E-state index in [0.29, 0.717) is 22.9 Å². The van der Waals surface area contributed by atoms with E-state index in [1.54, 1.807) is 13.3 Å². The smallest absolute Gasteiger partial charge is 0.340 e. The molecule has 6 nitrogen and oxygen atoms in total. The van der Waals surface area contributed by atoms with Crippen molar-refractivity contribution in [1.82, 2.24) is 4.98 Å². The molecule has 0 amide bonds. The Kier molecular flexibility index (Phi) is 2.26. The Balaban J connectivity index is 2.29. The standard InChI is InChI=1S/C12H13N3O3/c1-3-7-4-15-5-13-11-9(10(15)14-7)8(12(16)17)6(2)18-11/h5,7H,3-4H2,1-2H3,(H,16,17)/p+1/t7-/m0/s1. The van der Waals surface area contributed by atoms with Gasteiger partial charge in [-0.3, -0.25) is 5.32 Å². The lowest BCUT2D eigenvalue weighted by atomic mass is 10.2. The minimum Gasteiger partial charge on any atom is -0.478 e. The van der Waals surface area contributed by atoms with Crippen molar-refractivity contribution in [2.45, 2.75) is 32.9 Å². The number of rotatable bonds is 2. The summed E-state index contributed by atoms with van der Waals surface area (Å²) in [7, 11) is 0. The number of carboxylic acids is 1. The van der Waals surface area contributed by atoms with Crippen molar-refractivity contribution in [3.8, 4) is 0 Å². The first kappa shape index (κ1) is 11.0.